The number of hydrogen-bond acceptors (Lipinski definition) is 4. The van der Waals surface area contributed by atoms with E-state index in [4.69, 9.17) is 5.73 Å². The van der Waals surface area contributed by atoms with Gasteiger partial charge in [-0.25, -0.2) is 9.20 Å². The van der Waals surface area contributed by atoms with Gasteiger partial charge in [-0.05, 0) is 53.4 Å². The van der Waals surface area contributed by atoms with E-state index in [9.17, 15) is 4.21 Å². The highest BCUT2D eigenvalue weighted by atomic mass is 32.2. The van der Waals surface area contributed by atoms with Crippen molar-refractivity contribution in [2.45, 2.75) is 29.7 Å². The van der Waals surface area contributed by atoms with E-state index in [-0.39, 0.29) is 0 Å². The third-order valence-electron chi connectivity index (χ3n) is 4.83. The van der Waals surface area contributed by atoms with Crippen LogP contribution in [0.25, 0.3) is 11.1 Å². The summed E-state index contributed by atoms with van der Waals surface area (Å²) < 4.78 is 13.2. The monoisotopic (exact) mass is 389 g/mol. The van der Waals surface area contributed by atoms with E-state index in [0.717, 1.165) is 45.1 Å². The number of aliphatic imine (C=N–C) groups is 1. The van der Waals surface area contributed by atoms with Crippen LogP contribution in [0.5, 0.6) is 0 Å². The third kappa shape index (κ3) is 3.71. The Morgan fingerprint density at radius 2 is 1.71 bits per heavy atom. The van der Waals surface area contributed by atoms with Crippen molar-refractivity contribution in [1.82, 2.24) is 4.90 Å². The molecule has 1 unspecified atom stereocenters. The number of hydrogen-bond donors (Lipinski definition) is 1. The fraction of sp³-hybridized carbons (Fsp3) is 0.174. The van der Waals surface area contributed by atoms with Crippen LogP contribution in [0.1, 0.15) is 18.9 Å². The molecule has 0 amide bonds. The number of guanidine groups is 1. The van der Waals surface area contributed by atoms with E-state index in [0.29, 0.717) is 12.5 Å². The highest BCUT2D eigenvalue weighted by Gasteiger charge is 2.19. The largest absolute Gasteiger partial charge is 0.369 e. The highest BCUT2D eigenvalue weighted by Crippen LogP contribution is 2.30. The number of nitrogens with two attached hydrogens (primary N) is 1. The minimum atomic E-state index is -1.25. The van der Waals surface area contributed by atoms with Gasteiger partial charge in [0.05, 0.1) is 16.5 Å². The van der Waals surface area contributed by atoms with Crippen molar-refractivity contribution in [2.75, 3.05) is 6.54 Å². The van der Waals surface area contributed by atoms with Gasteiger partial charge in [0.1, 0.15) is 0 Å². The van der Waals surface area contributed by atoms with Crippen molar-refractivity contribution in [1.29, 1.82) is 0 Å². The lowest BCUT2D eigenvalue weighted by Crippen LogP contribution is -2.39. The smallest absolute Gasteiger partial charge is 0.196 e. The molecule has 0 aromatic heterocycles. The second kappa shape index (κ2) is 7.98. The molecule has 3 aromatic carbocycles. The Bertz CT molecular complexity index is 1050. The SMILES string of the molecule is CCCN1Cc2cc(S(=O)c3cccc(-c4ccccc4)c3)ccc2N=C1N. The van der Waals surface area contributed by atoms with Gasteiger partial charge in [0.25, 0.3) is 0 Å². The van der Waals surface area contributed by atoms with Gasteiger partial charge >= 0.3 is 0 Å². The summed E-state index contributed by atoms with van der Waals surface area (Å²) in [5, 5.41) is 0. The quantitative estimate of drug-likeness (QED) is 0.688. The Labute approximate surface area is 168 Å². The molecule has 5 heteroatoms. The number of fused-ring (bicyclic) bond motifs is 1. The van der Waals surface area contributed by atoms with Crippen LogP contribution >= 0.6 is 0 Å². The van der Waals surface area contributed by atoms with Gasteiger partial charge < -0.3 is 10.6 Å². The van der Waals surface area contributed by atoms with Gasteiger partial charge in [-0.1, -0.05) is 49.4 Å². The van der Waals surface area contributed by atoms with Crippen molar-refractivity contribution in [3.8, 4) is 11.1 Å². The molecule has 0 aliphatic carbocycles. The maximum absolute atomic E-state index is 13.2. The first-order valence-electron chi connectivity index (χ1n) is 9.45. The number of rotatable bonds is 5. The zero-order chi connectivity index (χ0) is 19.5. The molecule has 1 aliphatic heterocycles. The summed E-state index contributed by atoms with van der Waals surface area (Å²) in [6.45, 7) is 3.68. The van der Waals surface area contributed by atoms with E-state index >= 15 is 0 Å². The second-order valence-corrected chi connectivity index (χ2v) is 8.32. The zero-order valence-electron chi connectivity index (χ0n) is 15.8. The summed E-state index contributed by atoms with van der Waals surface area (Å²) in [7, 11) is -1.25. The van der Waals surface area contributed by atoms with Gasteiger partial charge in [-0.15, -0.1) is 0 Å². The summed E-state index contributed by atoms with van der Waals surface area (Å²) >= 11 is 0. The molecule has 2 N–H and O–H groups in total. The normalized spacial score (nSPS) is 14.3. The van der Waals surface area contributed by atoms with Crippen LogP contribution in [0.4, 0.5) is 5.69 Å². The molecule has 1 heterocycles. The van der Waals surface area contributed by atoms with Crippen molar-refractivity contribution in [3.05, 3.63) is 78.4 Å². The predicted molar refractivity (Wildman–Crippen MR) is 115 cm³/mol. The molecule has 142 valence electrons. The maximum atomic E-state index is 13.2. The molecule has 0 spiro atoms. The number of benzene rings is 3. The van der Waals surface area contributed by atoms with Crippen LogP contribution in [-0.2, 0) is 17.3 Å². The standard InChI is InChI=1S/C23H23N3OS/c1-2-13-26-16-19-15-21(11-12-22(19)25-23(26)24)28(27)20-10-6-9-18(14-20)17-7-4-3-5-8-17/h3-12,14-15H,2,13,16H2,1H3,(H2,24,25). The summed E-state index contributed by atoms with van der Waals surface area (Å²) in [6, 6.07) is 23.9. The Morgan fingerprint density at radius 3 is 2.50 bits per heavy atom. The van der Waals surface area contributed by atoms with Crippen LogP contribution in [-0.4, -0.2) is 21.6 Å². The lowest BCUT2D eigenvalue weighted by molar-refractivity contribution is 0.402. The molecule has 4 nitrogen and oxygen atoms in total. The van der Waals surface area contributed by atoms with E-state index < -0.39 is 10.8 Å². The molecule has 28 heavy (non-hydrogen) atoms. The lowest BCUT2D eigenvalue weighted by Gasteiger charge is -2.28. The molecule has 0 saturated carbocycles. The van der Waals surface area contributed by atoms with Gasteiger partial charge in [0.2, 0.25) is 0 Å². The van der Waals surface area contributed by atoms with Crippen LogP contribution in [0, 0.1) is 0 Å². The van der Waals surface area contributed by atoms with Gasteiger partial charge in [-0.3, -0.25) is 0 Å². The molecular weight excluding hydrogens is 366 g/mol. The third-order valence-corrected chi connectivity index (χ3v) is 6.20. The first-order chi connectivity index (χ1) is 13.7. The second-order valence-electron chi connectivity index (χ2n) is 6.84. The van der Waals surface area contributed by atoms with Gasteiger partial charge in [0, 0.05) is 22.9 Å². The number of nitrogens with zero attached hydrogens (tertiary/aromatic N) is 2. The van der Waals surface area contributed by atoms with E-state index in [1.165, 1.54) is 0 Å². The summed E-state index contributed by atoms with van der Waals surface area (Å²) in [5.74, 6) is 0.554. The van der Waals surface area contributed by atoms with Gasteiger partial charge in [0.15, 0.2) is 5.96 Å². The predicted octanol–water partition coefficient (Wildman–Crippen LogP) is 4.69. The highest BCUT2D eigenvalue weighted by molar-refractivity contribution is 7.85. The topological polar surface area (TPSA) is 58.7 Å². The lowest BCUT2D eigenvalue weighted by atomic mass is 10.1. The van der Waals surface area contributed by atoms with Crippen molar-refractivity contribution >= 4 is 22.4 Å². The Hall–Kier alpha value is -2.92. The minimum Gasteiger partial charge on any atom is -0.369 e. The van der Waals surface area contributed by atoms with Crippen molar-refractivity contribution in [2.24, 2.45) is 10.7 Å². The first-order valence-corrected chi connectivity index (χ1v) is 10.6. The molecule has 0 radical (unpaired) electrons. The van der Waals surface area contributed by atoms with E-state index in [2.05, 4.69) is 28.9 Å². The van der Waals surface area contributed by atoms with Crippen LogP contribution in [0.3, 0.4) is 0 Å². The first kappa shape index (κ1) is 18.4. The van der Waals surface area contributed by atoms with Crippen LogP contribution in [0.2, 0.25) is 0 Å². The van der Waals surface area contributed by atoms with Crippen molar-refractivity contribution in [3.63, 3.8) is 0 Å². The average Bonchev–Trinajstić information content (AvgIpc) is 2.74. The molecule has 0 saturated heterocycles. The fourth-order valence-electron chi connectivity index (χ4n) is 3.41. The molecule has 4 rings (SSSR count). The summed E-state index contributed by atoms with van der Waals surface area (Å²) in [5.41, 5.74) is 10.2. The summed E-state index contributed by atoms with van der Waals surface area (Å²) in [6.07, 6.45) is 1.00. The van der Waals surface area contributed by atoms with Crippen molar-refractivity contribution < 1.29 is 4.21 Å². The molecule has 1 atom stereocenters. The van der Waals surface area contributed by atoms with E-state index in [1.54, 1.807) is 0 Å². The Morgan fingerprint density at radius 1 is 0.964 bits per heavy atom. The zero-order valence-corrected chi connectivity index (χ0v) is 16.7. The molecule has 3 aromatic rings. The molecule has 0 bridgehead atoms. The molecule has 1 aliphatic rings. The van der Waals surface area contributed by atoms with Gasteiger partial charge in [-0.2, -0.15) is 0 Å². The minimum absolute atomic E-state index is 0.554. The molecular formula is C23H23N3OS. The summed E-state index contributed by atoms with van der Waals surface area (Å²) in [4.78, 5) is 8.14. The average molecular weight is 390 g/mol. The molecule has 0 fully saturated rings. The van der Waals surface area contributed by atoms with Crippen LogP contribution < -0.4 is 5.73 Å². The fourth-order valence-corrected chi connectivity index (χ4v) is 4.56. The Kier molecular flexibility index (Phi) is 5.26. The van der Waals surface area contributed by atoms with E-state index in [1.807, 2.05) is 60.7 Å². The van der Waals surface area contributed by atoms with Crippen LogP contribution in [0.15, 0.2) is 87.6 Å². The maximum Gasteiger partial charge on any atom is 0.196 e. The Balaban J connectivity index is 1.64.